The third kappa shape index (κ3) is 3.12. The van der Waals surface area contributed by atoms with Gasteiger partial charge in [-0.1, -0.05) is 11.6 Å². The molecule has 3 heterocycles. The third-order valence-electron chi connectivity index (χ3n) is 3.44. The Hall–Kier alpha value is -1.37. The van der Waals surface area contributed by atoms with Crippen molar-refractivity contribution in [2.75, 3.05) is 30.4 Å². The Kier molecular flexibility index (Phi) is 4.28. The molecule has 0 spiro atoms. The van der Waals surface area contributed by atoms with E-state index >= 15 is 0 Å². The Labute approximate surface area is 132 Å². The molecule has 1 unspecified atom stereocenters. The molecule has 0 amide bonds. The van der Waals surface area contributed by atoms with E-state index in [1.54, 1.807) is 11.3 Å². The molecule has 2 aromatic heterocycles. The molecular weight excluding hydrogens is 308 g/mol. The van der Waals surface area contributed by atoms with E-state index in [0.717, 1.165) is 41.0 Å². The number of nitrogens with two attached hydrogens (primary N) is 1. The first-order chi connectivity index (χ1) is 10.1. The average molecular weight is 325 g/mol. The molecule has 1 aliphatic heterocycles. The quantitative estimate of drug-likeness (QED) is 0.919. The van der Waals surface area contributed by atoms with Gasteiger partial charge in [-0.25, -0.2) is 4.98 Å². The van der Waals surface area contributed by atoms with Crippen LogP contribution >= 0.6 is 22.9 Å². The Morgan fingerprint density at radius 1 is 1.48 bits per heavy atom. The Morgan fingerprint density at radius 2 is 2.33 bits per heavy atom. The second kappa shape index (κ2) is 6.17. The summed E-state index contributed by atoms with van der Waals surface area (Å²) < 4.78 is 5.73. The van der Waals surface area contributed by atoms with Crippen molar-refractivity contribution in [1.29, 1.82) is 0 Å². The molecule has 5 nitrogen and oxygen atoms in total. The van der Waals surface area contributed by atoms with E-state index in [-0.39, 0.29) is 6.04 Å². The lowest BCUT2D eigenvalue weighted by Gasteiger charge is -2.30. The number of anilines is 2. The van der Waals surface area contributed by atoms with Crippen LogP contribution in [0.15, 0.2) is 17.5 Å². The largest absolute Gasteiger partial charge is 0.379 e. The van der Waals surface area contributed by atoms with E-state index in [1.807, 2.05) is 24.4 Å². The number of aromatic nitrogens is 2. The molecule has 1 fully saturated rings. The normalized spacial score (nSPS) is 19.5. The molecule has 21 heavy (non-hydrogen) atoms. The molecule has 0 aliphatic carbocycles. The average Bonchev–Trinajstić information content (AvgIpc) is 2.72. The van der Waals surface area contributed by atoms with Crippen LogP contribution in [0.4, 0.5) is 11.8 Å². The van der Waals surface area contributed by atoms with E-state index in [9.17, 15) is 0 Å². The van der Waals surface area contributed by atoms with E-state index in [1.165, 1.54) is 0 Å². The summed E-state index contributed by atoms with van der Waals surface area (Å²) in [7, 11) is 0. The number of halogens is 1. The van der Waals surface area contributed by atoms with Gasteiger partial charge in [-0.3, -0.25) is 0 Å². The highest BCUT2D eigenvalue weighted by atomic mass is 35.5. The predicted octanol–water partition coefficient (Wildman–Crippen LogP) is 3.05. The van der Waals surface area contributed by atoms with Gasteiger partial charge in [-0.15, -0.1) is 11.3 Å². The van der Waals surface area contributed by atoms with Gasteiger partial charge < -0.3 is 15.4 Å². The molecule has 0 bridgehead atoms. The first-order valence-corrected chi connectivity index (χ1v) is 8.09. The van der Waals surface area contributed by atoms with Crippen LogP contribution < -0.4 is 10.6 Å². The fourth-order valence-electron chi connectivity index (χ4n) is 2.53. The number of hydrogen-bond acceptors (Lipinski definition) is 6. The molecular formula is C14H17ClN4OS. The molecule has 2 aromatic rings. The highest BCUT2D eigenvalue weighted by Crippen LogP contribution is 2.36. The van der Waals surface area contributed by atoms with E-state index in [2.05, 4.69) is 14.9 Å². The molecule has 0 saturated carbocycles. The summed E-state index contributed by atoms with van der Waals surface area (Å²) in [5.74, 6) is 1.13. The molecule has 1 aliphatic rings. The number of nitrogen functional groups attached to an aromatic ring is 1. The SMILES string of the molecule is Cc1cc(N2CCCOCC2c2sccc2Cl)nc(N)n1. The van der Waals surface area contributed by atoms with Crippen LogP contribution in [0.2, 0.25) is 5.02 Å². The van der Waals surface area contributed by atoms with Gasteiger partial charge in [0.2, 0.25) is 5.95 Å². The second-order valence-corrected chi connectivity index (χ2v) is 6.35. The lowest BCUT2D eigenvalue weighted by atomic mass is 10.2. The molecule has 1 atom stereocenters. The monoisotopic (exact) mass is 324 g/mol. The van der Waals surface area contributed by atoms with Crippen molar-refractivity contribution >= 4 is 34.7 Å². The first-order valence-electron chi connectivity index (χ1n) is 6.83. The minimum Gasteiger partial charge on any atom is -0.379 e. The summed E-state index contributed by atoms with van der Waals surface area (Å²) in [6.45, 7) is 4.12. The van der Waals surface area contributed by atoms with Gasteiger partial charge in [0.1, 0.15) is 5.82 Å². The van der Waals surface area contributed by atoms with Gasteiger partial charge in [0, 0.05) is 29.8 Å². The number of hydrogen-bond donors (Lipinski definition) is 1. The number of nitrogens with zero attached hydrogens (tertiary/aromatic N) is 3. The number of aryl methyl sites for hydroxylation is 1. The topological polar surface area (TPSA) is 64.3 Å². The molecule has 7 heteroatoms. The van der Waals surface area contributed by atoms with E-state index < -0.39 is 0 Å². The van der Waals surface area contributed by atoms with Gasteiger partial charge in [0.25, 0.3) is 0 Å². The van der Waals surface area contributed by atoms with Crippen molar-refractivity contribution in [3.05, 3.63) is 33.1 Å². The van der Waals surface area contributed by atoms with Crippen molar-refractivity contribution in [2.45, 2.75) is 19.4 Å². The van der Waals surface area contributed by atoms with Gasteiger partial charge in [0.15, 0.2) is 0 Å². The van der Waals surface area contributed by atoms with Gasteiger partial charge in [0.05, 0.1) is 17.7 Å². The molecule has 112 valence electrons. The summed E-state index contributed by atoms with van der Waals surface area (Å²) in [5, 5.41) is 2.78. The van der Waals surface area contributed by atoms with Crippen LogP contribution in [-0.4, -0.2) is 29.7 Å². The summed E-state index contributed by atoms with van der Waals surface area (Å²) >= 11 is 7.96. The van der Waals surface area contributed by atoms with E-state index in [0.29, 0.717) is 12.6 Å². The standard InChI is InChI=1S/C14H17ClN4OS/c1-9-7-12(18-14(16)17-9)19-4-2-5-20-8-11(19)13-10(15)3-6-21-13/h3,6-7,11H,2,4-5,8H2,1H3,(H2,16,17,18). The number of rotatable bonds is 2. The van der Waals surface area contributed by atoms with Crippen LogP contribution in [0.1, 0.15) is 23.0 Å². The summed E-state index contributed by atoms with van der Waals surface area (Å²) in [5.41, 5.74) is 6.66. The zero-order valence-corrected chi connectivity index (χ0v) is 13.3. The highest BCUT2D eigenvalue weighted by molar-refractivity contribution is 7.10. The maximum atomic E-state index is 6.31. The maximum absolute atomic E-state index is 6.31. The second-order valence-electron chi connectivity index (χ2n) is 5.00. The molecule has 1 saturated heterocycles. The lowest BCUT2D eigenvalue weighted by molar-refractivity contribution is 0.135. The van der Waals surface area contributed by atoms with Gasteiger partial charge >= 0.3 is 0 Å². The van der Waals surface area contributed by atoms with Gasteiger partial charge in [-0.2, -0.15) is 4.98 Å². The smallest absolute Gasteiger partial charge is 0.222 e. The fourth-order valence-corrected chi connectivity index (χ4v) is 3.81. The van der Waals surface area contributed by atoms with Crippen molar-refractivity contribution < 1.29 is 4.74 Å². The third-order valence-corrected chi connectivity index (χ3v) is 4.90. The molecule has 0 aromatic carbocycles. The minimum absolute atomic E-state index is 0.0636. The van der Waals surface area contributed by atoms with Crippen LogP contribution in [0, 0.1) is 6.92 Å². The van der Waals surface area contributed by atoms with Crippen molar-refractivity contribution in [1.82, 2.24) is 9.97 Å². The number of ether oxygens (including phenoxy) is 1. The van der Waals surface area contributed by atoms with Crippen molar-refractivity contribution in [2.24, 2.45) is 0 Å². The minimum atomic E-state index is 0.0636. The first kappa shape index (κ1) is 14.6. The van der Waals surface area contributed by atoms with E-state index in [4.69, 9.17) is 22.1 Å². The Bertz CT molecular complexity index is 613. The van der Waals surface area contributed by atoms with Crippen LogP contribution in [-0.2, 0) is 4.74 Å². The summed E-state index contributed by atoms with van der Waals surface area (Å²) in [6.07, 6.45) is 0.947. The highest BCUT2D eigenvalue weighted by Gasteiger charge is 2.27. The zero-order chi connectivity index (χ0) is 14.8. The molecule has 0 radical (unpaired) electrons. The Balaban J connectivity index is 2.01. The van der Waals surface area contributed by atoms with Crippen LogP contribution in [0.5, 0.6) is 0 Å². The van der Waals surface area contributed by atoms with Gasteiger partial charge in [-0.05, 0) is 24.8 Å². The number of thiophene rings is 1. The maximum Gasteiger partial charge on any atom is 0.222 e. The molecule has 2 N–H and O–H groups in total. The van der Waals surface area contributed by atoms with Crippen molar-refractivity contribution in [3.63, 3.8) is 0 Å². The van der Waals surface area contributed by atoms with Crippen molar-refractivity contribution in [3.8, 4) is 0 Å². The molecule has 3 rings (SSSR count). The predicted molar refractivity (Wildman–Crippen MR) is 86.0 cm³/mol. The fraction of sp³-hybridized carbons (Fsp3) is 0.429. The Morgan fingerprint density at radius 3 is 3.05 bits per heavy atom. The lowest BCUT2D eigenvalue weighted by Crippen LogP contribution is -2.31. The summed E-state index contributed by atoms with van der Waals surface area (Å²) in [4.78, 5) is 11.9. The van der Waals surface area contributed by atoms with Crippen LogP contribution in [0.3, 0.4) is 0 Å². The zero-order valence-electron chi connectivity index (χ0n) is 11.8. The summed E-state index contributed by atoms with van der Waals surface area (Å²) in [6, 6.07) is 3.94. The van der Waals surface area contributed by atoms with Crippen LogP contribution in [0.25, 0.3) is 0 Å².